The summed E-state index contributed by atoms with van der Waals surface area (Å²) in [6.45, 7) is 1.90. The Bertz CT molecular complexity index is 1010. The molecule has 2 aromatic carbocycles. The third-order valence-corrected chi connectivity index (χ3v) is 5.50. The molecule has 1 aromatic heterocycles. The van der Waals surface area contributed by atoms with Gasteiger partial charge in [-0.15, -0.1) is 0 Å². The summed E-state index contributed by atoms with van der Waals surface area (Å²) in [6.07, 6.45) is 7.57. The summed E-state index contributed by atoms with van der Waals surface area (Å²) >= 11 is 5.82. The van der Waals surface area contributed by atoms with Crippen LogP contribution < -0.4 is 0 Å². The first-order valence-corrected chi connectivity index (χ1v) is 10.2. The van der Waals surface area contributed by atoms with Crippen LogP contribution in [0.4, 0.5) is 0 Å². The number of halogens is 1. The van der Waals surface area contributed by atoms with Crippen molar-refractivity contribution in [2.45, 2.75) is 39.0 Å². The number of carbonyl (C=O) groups excluding carboxylic acids is 1. The molecule has 1 fully saturated rings. The van der Waals surface area contributed by atoms with E-state index in [-0.39, 0.29) is 10.6 Å². The number of rotatable bonds is 3. The van der Waals surface area contributed by atoms with Crippen LogP contribution in [0.1, 0.15) is 58.4 Å². The smallest absolute Gasteiger partial charge is 0.339 e. The molecule has 0 unspecified atom stereocenters. The number of fused-ring (bicyclic) bond motifs is 1. The van der Waals surface area contributed by atoms with Gasteiger partial charge in [0.2, 0.25) is 0 Å². The fraction of sp³-hybridized carbons (Fsp3) is 0.292. The average molecular weight is 410 g/mol. The van der Waals surface area contributed by atoms with Crippen LogP contribution in [0, 0.1) is 12.8 Å². The predicted molar refractivity (Wildman–Crippen MR) is 116 cm³/mol. The summed E-state index contributed by atoms with van der Waals surface area (Å²) in [5.74, 6) is -0.404. The molecule has 0 radical (unpaired) electrons. The Hall–Kier alpha value is -2.72. The normalized spacial score (nSPS) is 14.1. The molecule has 0 amide bonds. The molecule has 0 saturated heterocycles. The van der Waals surface area contributed by atoms with E-state index in [1.165, 1.54) is 19.3 Å². The van der Waals surface area contributed by atoms with Crippen molar-refractivity contribution in [1.82, 2.24) is 4.98 Å². The molecule has 3 aromatic rings. The second-order valence-corrected chi connectivity index (χ2v) is 7.78. The lowest BCUT2D eigenvalue weighted by molar-refractivity contribution is 0.0698. The average Bonchev–Trinajstić information content (AvgIpc) is 2.74. The number of benzene rings is 2. The quantitative estimate of drug-likeness (QED) is 0.512. The minimum atomic E-state index is -1.05. The molecular weight excluding hydrogens is 386 g/mol. The SMILES string of the molecule is Cc1cnc2c(C(=O)O)c(Cl)ccc2c1.O=C(c1ccccc1)C1CCCCC1. The molecule has 150 valence electrons. The Kier molecular flexibility index (Phi) is 6.99. The first kappa shape index (κ1) is 21.0. The second-order valence-electron chi connectivity index (χ2n) is 7.38. The van der Waals surface area contributed by atoms with Crippen molar-refractivity contribution < 1.29 is 14.7 Å². The van der Waals surface area contributed by atoms with Gasteiger partial charge in [0.15, 0.2) is 5.78 Å². The fourth-order valence-corrected chi connectivity index (χ4v) is 3.93. The van der Waals surface area contributed by atoms with Gasteiger partial charge in [0.25, 0.3) is 0 Å². The number of aryl methyl sites for hydroxylation is 1. The van der Waals surface area contributed by atoms with E-state index in [0.717, 1.165) is 29.4 Å². The van der Waals surface area contributed by atoms with Gasteiger partial charge in [-0.3, -0.25) is 9.78 Å². The van der Waals surface area contributed by atoms with E-state index in [4.69, 9.17) is 16.7 Å². The Morgan fingerprint density at radius 2 is 1.72 bits per heavy atom. The lowest BCUT2D eigenvalue weighted by Crippen LogP contribution is -2.17. The number of ketones is 1. The van der Waals surface area contributed by atoms with E-state index >= 15 is 0 Å². The first-order chi connectivity index (χ1) is 14.0. The Morgan fingerprint density at radius 1 is 1.03 bits per heavy atom. The molecule has 1 heterocycles. The van der Waals surface area contributed by atoms with Crippen LogP contribution in [0.2, 0.25) is 5.02 Å². The summed E-state index contributed by atoms with van der Waals surface area (Å²) in [5, 5.41) is 10.0. The summed E-state index contributed by atoms with van der Waals surface area (Å²) in [4.78, 5) is 27.1. The number of aromatic carboxylic acids is 1. The minimum Gasteiger partial charge on any atom is -0.478 e. The van der Waals surface area contributed by atoms with E-state index in [2.05, 4.69) is 4.98 Å². The summed E-state index contributed by atoms with van der Waals surface area (Å²) in [7, 11) is 0. The van der Waals surface area contributed by atoms with Crippen LogP contribution in [-0.2, 0) is 0 Å². The van der Waals surface area contributed by atoms with Crippen LogP contribution in [0.25, 0.3) is 10.9 Å². The number of aromatic nitrogens is 1. The molecule has 0 bridgehead atoms. The first-order valence-electron chi connectivity index (χ1n) is 9.85. The van der Waals surface area contributed by atoms with Crippen molar-refractivity contribution >= 4 is 34.3 Å². The largest absolute Gasteiger partial charge is 0.478 e. The number of carboxylic acids is 1. The molecule has 1 N–H and O–H groups in total. The van der Waals surface area contributed by atoms with Gasteiger partial charge in [0.1, 0.15) is 5.56 Å². The van der Waals surface area contributed by atoms with Gasteiger partial charge in [-0.05, 0) is 37.5 Å². The number of Topliss-reactive ketones (excluding diaryl/α,β-unsaturated/α-hetero) is 1. The third kappa shape index (κ3) is 5.21. The highest BCUT2D eigenvalue weighted by Crippen LogP contribution is 2.27. The lowest BCUT2D eigenvalue weighted by Gasteiger charge is -2.20. The highest BCUT2D eigenvalue weighted by Gasteiger charge is 2.21. The molecule has 29 heavy (non-hydrogen) atoms. The maximum Gasteiger partial charge on any atom is 0.339 e. The Balaban J connectivity index is 0.000000166. The van der Waals surface area contributed by atoms with E-state index in [1.54, 1.807) is 18.3 Å². The van der Waals surface area contributed by atoms with Crippen LogP contribution in [-0.4, -0.2) is 21.8 Å². The van der Waals surface area contributed by atoms with E-state index in [0.29, 0.717) is 17.2 Å². The van der Waals surface area contributed by atoms with Crippen molar-refractivity contribution in [3.63, 3.8) is 0 Å². The highest BCUT2D eigenvalue weighted by molar-refractivity contribution is 6.35. The second kappa shape index (κ2) is 9.66. The molecule has 4 rings (SSSR count). The fourth-order valence-electron chi connectivity index (χ4n) is 3.69. The van der Waals surface area contributed by atoms with Crippen molar-refractivity contribution in [2.75, 3.05) is 0 Å². The Morgan fingerprint density at radius 3 is 2.38 bits per heavy atom. The summed E-state index contributed by atoms with van der Waals surface area (Å²) < 4.78 is 0. The van der Waals surface area contributed by atoms with E-state index < -0.39 is 5.97 Å². The van der Waals surface area contributed by atoms with Crippen LogP contribution >= 0.6 is 11.6 Å². The molecule has 1 saturated carbocycles. The van der Waals surface area contributed by atoms with Crippen LogP contribution in [0.5, 0.6) is 0 Å². The van der Waals surface area contributed by atoms with Gasteiger partial charge < -0.3 is 5.11 Å². The number of hydrogen-bond acceptors (Lipinski definition) is 3. The molecule has 1 aliphatic rings. The van der Waals surface area contributed by atoms with Gasteiger partial charge in [-0.25, -0.2) is 4.79 Å². The van der Waals surface area contributed by atoms with E-state index in [1.807, 2.05) is 43.3 Å². The molecule has 0 atom stereocenters. The van der Waals surface area contributed by atoms with Crippen molar-refractivity contribution in [1.29, 1.82) is 0 Å². The molecule has 1 aliphatic carbocycles. The third-order valence-electron chi connectivity index (χ3n) is 5.19. The number of hydrogen-bond donors (Lipinski definition) is 1. The molecule has 0 aliphatic heterocycles. The number of nitrogens with zero attached hydrogens (tertiary/aromatic N) is 1. The standard InChI is InChI=1S/C13H16O.C11H8ClNO2/c14-13(11-7-3-1-4-8-11)12-9-5-2-6-10-12;1-6-4-7-2-3-8(12)9(11(14)15)10(7)13-5-6/h1,3-4,7-8,12H,2,5-6,9-10H2;2-5H,1H3,(H,14,15). The van der Waals surface area contributed by atoms with Crippen LogP contribution in [0.3, 0.4) is 0 Å². The summed E-state index contributed by atoms with van der Waals surface area (Å²) in [5.41, 5.74) is 2.37. The zero-order chi connectivity index (χ0) is 20.8. The van der Waals surface area contributed by atoms with Gasteiger partial charge >= 0.3 is 5.97 Å². The number of carboxylic acid groups (broad SMARTS) is 1. The predicted octanol–water partition coefficient (Wildman–Crippen LogP) is 6.34. The van der Waals surface area contributed by atoms with Crippen LogP contribution in [0.15, 0.2) is 54.7 Å². The Labute approximate surface area is 175 Å². The monoisotopic (exact) mass is 409 g/mol. The molecule has 4 nitrogen and oxygen atoms in total. The maximum absolute atomic E-state index is 12.0. The molecule has 0 spiro atoms. The topological polar surface area (TPSA) is 67.3 Å². The van der Waals surface area contributed by atoms with Gasteiger partial charge in [-0.1, -0.05) is 67.3 Å². The molecular formula is C24H24ClNO3. The summed E-state index contributed by atoms with van der Waals surface area (Å²) in [6, 6.07) is 14.9. The minimum absolute atomic E-state index is 0.0640. The lowest BCUT2D eigenvalue weighted by atomic mass is 9.84. The zero-order valence-electron chi connectivity index (χ0n) is 16.4. The molecule has 5 heteroatoms. The maximum atomic E-state index is 12.0. The van der Waals surface area contributed by atoms with Gasteiger partial charge in [0, 0.05) is 23.1 Å². The number of carbonyl (C=O) groups is 2. The van der Waals surface area contributed by atoms with Crippen molar-refractivity contribution in [3.05, 3.63) is 76.4 Å². The zero-order valence-corrected chi connectivity index (χ0v) is 17.2. The van der Waals surface area contributed by atoms with Crippen molar-refractivity contribution in [2.24, 2.45) is 5.92 Å². The van der Waals surface area contributed by atoms with Gasteiger partial charge in [-0.2, -0.15) is 0 Å². The van der Waals surface area contributed by atoms with Gasteiger partial charge in [0.05, 0.1) is 10.5 Å². The number of pyridine rings is 1. The van der Waals surface area contributed by atoms with E-state index in [9.17, 15) is 9.59 Å². The highest BCUT2D eigenvalue weighted by atomic mass is 35.5. The van der Waals surface area contributed by atoms with Crippen molar-refractivity contribution in [3.8, 4) is 0 Å².